The van der Waals surface area contributed by atoms with Crippen molar-refractivity contribution in [3.8, 4) is 0 Å². The smallest absolute Gasteiger partial charge is 0.239 e. The molecule has 0 saturated carbocycles. The normalized spacial score (nSPS) is 27.8. The molecule has 2 rings (SSSR count). The van der Waals surface area contributed by atoms with Crippen LogP contribution in [0, 0.1) is 0 Å². The summed E-state index contributed by atoms with van der Waals surface area (Å²) in [4.78, 5) is 18.8. The molecule has 5 heteroatoms. The zero-order valence-corrected chi connectivity index (χ0v) is 11.5. The fourth-order valence-corrected chi connectivity index (χ4v) is 2.98. The van der Waals surface area contributed by atoms with Gasteiger partial charge >= 0.3 is 0 Å². The Labute approximate surface area is 110 Å². The molecule has 2 fully saturated rings. The number of rotatable bonds is 4. The van der Waals surface area contributed by atoms with Crippen LogP contribution in [0.25, 0.3) is 0 Å². The minimum absolute atomic E-state index is 0.143. The fourth-order valence-electron chi connectivity index (χ4n) is 2.98. The van der Waals surface area contributed by atoms with E-state index in [4.69, 9.17) is 5.73 Å². The van der Waals surface area contributed by atoms with Gasteiger partial charge in [0.05, 0.1) is 6.04 Å². The van der Waals surface area contributed by atoms with E-state index in [0.29, 0.717) is 5.91 Å². The van der Waals surface area contributed by atoms with Crippen LogP contribution < -0.4 is 5.73 Å². The van der Waals surface area contributed by atoms with Crippen molar-refractivity contribution in [3.63, 3.8) is 0 Å². The van der Waals surface area contributed by atoms with E-state index in [1.54, 1.807) is 0 Å². The number of likely N-dealkylation sites (N-methyl/N-ethyl adjacent to an activating group) is 1. The van der Waals surface area contributed by atoms with Crippen molar-refractivity contribution in [3.05, 3.63) is 0 Å². The Morgan fingerprint density at radius 2 is 2.06 bits per heavy atom. The Morgan fingerprint density at radius 3 is 2.72 bits per heavy atom. The molecule has 0 spiro atoms. The van der Waals surface area contributed by atoms with Crippen LogP contribution in [0.1, 0.15) is 19.3 Å². The first-order chi connectivity index (χ1) is 8.72. The molecule has 104 valence electrons. The van der Waals surface area contributed by atoms with Crippen LogP contribution in [0.2, 0.25) is 0 Å². The number of hydrogen-bond donors (Lipinski definition) is 1. The van der Waals surface area contributed by atoms with Gasteiger partial charge in [-0.25, -0.2) is 0 Å². The van der Waals surface area contributed by atoms with Gasteiger partial charge in [-0.2, -0.15) is 0 Å². The van der Waals surface area contributed by atoms with Crippen LogP contribution in [-0.2, 0) is 4.79 Å². The van der Waals surface area contributed by atoms with E-state index < -0.39 is 0 Å². The maximum Gasteiger partial charge on any atom is 0.239 e. The summed E-state index contributed by atoms with van der Waals surface area (Å²) in [5.74, 6) is 0.311. The monoisotopic (exact) mass is 254 g/mol. The van der Waals surface area contributed by atoms with Gasteiger partial charge in [-0.05, 0) is 38.9 Å². The Hall–Kier alpha value is -0.650. The van der Waals surface area contributed by atoms with Crippen LogP contribution >= 0.6 is 0 Å². The Bertz CT molecular complexity index is 284. The van der Waals surface area contributed by atoms with E-state index in [0.717, 1.165) is 65.1 Å². The third-order valence-electron chi connectivity index (χ3n) is 4.14. The lowest BCUT2D eigenvalue weighted by Crippen LogP contribution is -2.43. The molecule has 2 heterocycles. The third-order valence-corrected chi connectivity index (χ3v) is 4.14. The first kappa shape index (κ1) is 13.8. The Kier molecular flexibility index (Phi) is 4.97. The van der Waals surface area contributed by atoms with Crippen LogP contribution in [0.15, 0.2) is 0 Å². The summed E-state index contributed by atoms with van der Waals surface area (Å²) in [6, 6.07) is 0.143. The molecule has 0 bridgehead atoms. The summed E-state index contributed by atoms with van der Waals surface area (Å²) in [6.45, 7) is 7.09. The maximum atomic E-state index is 12.0. The van der Waals surface area contributed by atoms with E-state index in [2.05, 4.69) is 9.80 Å². The summed E-state index contributed by atoms with van der Waals surface area (Å²) in [7, 11) is 1.91. The number of amides is 1. The predicted octanol–water partition coefficient (Wildman–Crippen LogP) is -0.426. The van der Waals surface area contributed by atoms with Crippen LogP contribution in [0.3, 0.4) is 0 Å². The highest BCUT2D eigenvalue weighted by Crippen LogP contribution is 2.17. The van der Waals surface area contributed by atoms with Crippen molar-refractivity contribution in [2.75, 3.05) is 52.9 Å². The van der Waals surface area contributed by atoms with Gasteiger partial charge < -0.3 is 15.5 Å². The molecule has 2 N–H and O–H groups in total. The number of nitrogens with two attached hydrogens (primary N) is 1. The predicted molar refractivity (Wildman–Crippen MR) is 72.3 cm³/mol. The topological polar surface area (TPSA) is 52.8 Å². The molecule has 2 aliphatic heterocycles. The van der Waals surface area contributed by atoms with Gasteiger partial charge in [-0.1, -0.05) is 0 Å². The van der Waals surface area contributed by atoms with Crippen molar-refractivity contribution < 1.29 is 4.79 Å². The van der Waals surface area contributed by atoms with E-state index in [-0.39, 0.29) is 6.04 Å². The molecular weight excluding hydrogens is 228 g/mol. The molecular formula is C13H26N4O. The molecule has 0 aromatic rings. The second kappa shape index (κ2) is 6.50. The number of likely N-dealkylation sites (tertiary alicyclic amines) is 1. The number of nitrogens with zero attached hydrogens (tertiary/aromatic N) is 3. The lowest BCUT2D eigenvalue weighted by molar-refractivity contribution is -0.131. The number of carbonyl (C=O) groups excluding carboxylic acids is 1. The Balaban J connectivity index is 1.83. The standard InChI is InChI=1S/C13H26N4O/c1-15-9-4-12(13(15)18)17-8-3-7-16(10-11-17)6-2-5-14/h12H,2-11,14H2,1H3. The lowest BCUT2D eigenvalue weighted by Gasteiger charge is -2.26. The molecule has 5 nitrogen and oxygen atoms in total. The van der Waals surface area contributed by atoms with Crippen molar-refractivity contribution in [1.29, 1.82) is 0 Å². The zero-order chi connectivity index (χ0) is 13.0. The first-order valence-corrected chi connectivity index (χ1v) is 7.14. The fraction of sp³-hybridized carbons (Fsp3) is 0.923. The summed E-state index contributed by atoms with van der Waals surface area (Å²) in [6.07, 6.45) is 3.24. The van der Waals surface area contributed by atoms with Crippen molar-refractivity contribution >= 4 is 5.91 Å². The minimum Gasteiger partial charge on any atom is -0.344 e. The van der Waals surface area contributed by atoms with Gasteiger partial charge in [0.25, 0.3) is 0 Å². The van der Waals surface area contributed by atoms with Gasteiger partial charge in [0, 0.05) is 33.2 Å². The largest absolute Gasteiger partial charge is 0.344 e. The molecule has 1 amide bonds. The molecule has 0 aromatic carbocycles. The summed E-state index contributed by atoms with van der Waals surface area (Å²) < 4.78 is 0. The Morgan fingerprint density at radius 1 is 1.22 bits per heavy atom. The van der Waals surface area contributed by atoms with Gasteiger partial charge in [0.1, 0.15) is 0 Å². The molecule has 2 aliphatic rings. The average molecular weight is 254 g/mol. The maximum absolute atomic E-state index is 12.0. The summed E-state index contributed by atoms with van der Waals surface area (Å²) in [5, 5.41) is 0. The molecule has 1 unspecified atom stereocenters. The average Bonchev–Trinajstić information content (AvgIpc) is 2.59. The zero-order valence-electron chi connectivity index (χ0n) is 11.5. The summed E-state index contributed by atoms with van der Waals surface area (Å²) >= 11 is 0. The van der Waals surface area contributed by atoms with Gasteiger partial charge in [0.2, 0.25) is 5.91 Å². The van der Waals surface area contributed by atoms with Crippen LogP contribution in [0.5, 0.6) is 0 Å². The first-order valence-electron chi connectivity index (χ1n) is 7.14. The highest BCUT2D eigenvalue weighted by molar-refractivity contribution is 5.83. The van der Waals surface area contributed by atoms with Crippen LogP contribution in [-0.4, -0.2) is 79.5 Å². The van der Waals surface area contributed by atoms with Crippen molar-refractivity contribution in [2.24, 2.45) is 5.73 Å². The van der Waals surface area contributed by atoms with E-state index in [9.17, 15) is 4.79 Å². The van der Waals surface area contributed by atoms with E-state index in [1.807, 2.05) is 11.9 Å². The number of carbonyl (C=O) groups is 1. The second-order valence-electron chi connectivity index (χ2n) is 5.44. The quantitative estimate of drug-likeness (QED) is 0.740. The molecule has 2 saturated heterocycles. The van der Waals surface area contributed by atoms with Crippen molar-refractivity contribution in [2.45, 2.75) is 25.3 Å². The highest BCUT2D eigenvalue weighted by atomic mass is 16.2. The highest BCUT2D eigenvalue weighted by Gasteiger charge is 2.34. The van der Waals surface area contributed by atoms with E-state index >= 15 is 0 Å². The van der Waals surface area contributed by atoms with Crippen molar-refractivity contribution in [1.82, 2.24) is 14.7 Å². The summed E-state index contributed by atoms with van der Waals surface area (Å²) in [5.41, 5.74) is 5.56. The van der Waals surface area contributed by atoms with Gasteiger partial charge in [-0.3, -0.25) is 9.69 Å². The SMILES string of the molecule is CN1CCC(N2CCCN(CCCN)CC2)C1=O. The lowest BCUT2D eigenvalue weighted by atomic mass is 10.2. The molecule has 0 aliphatic carbocycles. The molecule has 0 aromatic heterocycles. The van der Waals surface area contributed by atoms with E-state index in [1.165, 1.54) is 0 Å². The van der Waals surface area contributed by atoms with Crippen LogP contribution in [0.4, 0.5) is 0 Å². The van der Waals surface area contributed by atoms with Gasteiger partial charge in [0.15, 0.2) is 0 Å². The van der Waals surface area contributed by atoms with Gasteiger partial charge in [-0.15, -0.1) is 0 Å². The third kappa shape index (κ3) is 3.22. The molecule has 18 heavy (non-hydrogen) atoms. The minimum atomic E-state index is 0.143. The molecule has 1 atom stereocenters. The number of hydrogen-bond acceptors (Lipinski definition) is 4. The second-order valence-corrected chi connectivity index (χ2v) is 5.44. The molecule has 0 radical (unpaired) electrons.